The summed E-state index contributed by atoms with van der Waals surface area (Å²) in [6.45, 7) is 3.61. The second kappa shape index (κ2) is 9.82. The van der Waals surface area contributed by atoms with Gasteiger partial charge in [-0.05, 0) is 55.1 Å². The van der Waals surface area contributed by atoms with Crippen LogP contribution in [0.3, 0.4) is 0 Å². The smallest absolute Gasteiger partial charge is 0.242 e. The van der Waals surface area contributed by atoms with Crippen molar-refractivity contribution in [3.63, 3.8) is 0 Å². The molecule has 1 aliphatic carbocycles. The summed E-state index contributed by atoms with van der Waals surface area (Å²) in [4.78, 5) is 0. The third kappa shape index (κ3) is 6.42. The Morgan fingerprint density at radius 3 is 2.43 bits per heavy atom. The Kier molecular flexibility index (Phi) is 7.73. The molecule has 1 aliphatic rings. The van der Waals surface area contributed by atoms with Gasteiger partial charge in [-0.3, -0.25) is 0 Å². The summed E-state index contributed by atoms with van der Waals surface area (Å²) in [6, 6.07) is 8.78. The molecule has 3 heteroatoms. The molecule has 0 heterocycles. The number of allylic oxidation sites excluding steroid dienone is 2. The van der Waals surface area contributed by atoms with E-state index in [1.165, 1.54) is 11.1 Å². The zero-order valence-corrected chi connectivity index (χ0v) is 14.0. The lowest BCUT2D eigenvalue weighted by molar-refractivity contribution is 0.121. The van der Waals surface area contributed by atoms with Gasteiger partial charge in [0.25, 0.3) is 0 Å². The quantitative estimate of drug-likeness (QED) is 0.415. The van der Waals surface area contributed by atoms with Gasteiger partial charge in [-0.1, -0.05) is 43.3 Å². The molecule has 0 saturated heterocycles. The topological polar surface area (TPSA) is 9.23 Å². The molecule has 0 aliphatic heterocycles. The van der Waals surface area contributed by atoms with Crippen molar-refractivity contribution in [2.24, 2.45) is 5.92 Å². The van der Waals surface area contributed by atoms with Crippen molar-refractivity contribution in [1.82, 2.24) is 0 Å². The van der Waals surface area contributed by atoms with Gasteiger partial charge in [0.2, 0.25) is 6.43 Å². The Morgan fingerprint density at radius 2 is 1.83 bits per heavy atom. The number of rotatable bonds is 8. The molecular formula is C20H28F2O. The first-order valence-electron chi connectivity index (χ1n) is 8.80. The predicted octanol–water partition coefficient (Wildman–Crippen LogP) is 6.10. The lowest BCUT2D eigenvalue weighted by Crippen LogP contribution is -2.11. The summed E-state index contributed by atoms with van der Waals surface area (Å²) in [5, 5.41) is 0. The van der Waals surface area contributed by atoms with Crippen LogP contribution < -0.4 is 0 Å². The molecular weight excluding hydrogens is 294 g/mol. The van der Waals surface area contributed by atoms with Crippen LogP contribution in [0.1, 0.15) is 62.5 Å². The second-order valence-electron chi connectivity index (χ2n) is 6.46. The van der Waals surface area contributed by atoms with Gasteiger partial charge < -0.3 is 4.74 Å². The average Bonchev–Trinajstić information content (AvgIpc) is 2.56. The third-order valence-electron chi connectivity index (χ3n) is 4.56. The minimum absolute atomic E-state index is 0.110. The number of hydrogen-bond donors (Lipinski definition) is 0. The van der Waals surface area contributed by atoms with Crippen molar-refractivity contribution in [3.8, 4) is 0 Å². The zero-order valence-electron chi connectivity index (χ0n) is 14.0. The van der Waals surface area contributed by atoms with Gasteiger partial charge in [0, 0.05) is 13.0 Å². The highest BCUT2D eigenvalue weighted by Crippen LogP contribution is 2.36. The van der Waals surface area contributed by atoms with Crippen LogP contribution in [0, 0.1) is 5.92 Å². The number of halogens is 2. The van der Waals surface area contributed by atoms with Gasteiger partial charge in [-0.15, -0.1) is 0 Å². The fourth-order valence-corrected chi connectivity index (χ4v) is 3.24. The lowest BCUT2D eigenvalue weighted by atomic mass is 9.78. The largest absolute Gasteiger partial charge is 0.377 e. The molecule has 1 saturated carbocycles. The van der Waals surface area contributed by atoms with Gasteiger partial charge in [-0.2, -0.15) is 0 Å². The Morgan fingerprint density at radius 1 is 1.13 bits per heavy atom. The van der Waals surface area contributed by atoms with Crippen LogP contribution in [-0.4, -0.2) is 13.0 Å². The van der Waals surface area contributed by atoms with E-state index >= 15 is 0 Å². The van der Waals surface area contributed by atoms with Crippen LogP contribution in [0.4, 0.5) is 8.78 Å². The van der Waals surface area contributed by atoms with Crippen LogP contribution in [0.25, 0.3) is 0 Å². The molecule has 1 aromatic carbocycles. The van der Waals surface area contributed by atoms with Crippen molar-refractivity contribution in [2.45, 2.75) is 64.4 Å². The second-order valence-corrected chi connectivity index (χ2v) is 6.46. The summed E-state index contributed by atoms with van der Waals surface area (Å²) in [6.07, 6.45) is 6.87. The highest BCUT2D eigenvalue weighted by Gasteiger charge is 2.20. The molecule has 2 rings (SSSR count). The molecule has 0 spiro atoms. The van der Waals surface area contributed by atoms with Gasteiger partial charge in [-0.25, -0.2) is 8.78 Å². The molecule has 0 bridgehead atoms. The first-order chi connectivity index (χ1) is 11.2. The molecule has 128 valence electrons. The SMILES string of the molecule is CCCOCc1ccc([C@H]2CC[C@H](/C=C/CC(F)F)CC2)cc1. The number of benzene rings is 1. The van der Waals surface area contributed by atoms with E-state index in [9.17, 15) is 8.78 Å². The molecule has 1 nitrogen and oxygen atoms in total. The molecule has 0 amide bonds. The van der Waals surface area contributed by atoms with E-state index in [-0.39, 0.29) is 6.42 Å². The van der Waals surface area contributed by atoms with Crippen molar-refractivity contribution in [3.05, 3.63) is 47.5 Å². The normalized spacial score (nSPS) is 22.1. The van der Waals surface area contributed by atoms with Crippen LogP contribution in [-0.2, 0) is 11.3 Å². The van der Waals surface area contributed by atoms with Crippen molar-refractivity contribution in [2.75, 3.05) is 6.61 Å². The van der Waals surface area contributed by atoms with Gasteiger partial charge >= 0.3 is 0 Å². The zero-order chi connectivity index (χ0) is 16.5. The minimum atomic E-state index is -2.22. The van der Waals surface area contributed by atoms with Crippen LogP contribution in [0.5, 0.6) is 0 Å². The maximum absolute atomic E-state index is 12.1. The standard InChI is InChI=1S/C20H28F2O/c1-2-14-23-15-17-8-12-19(13-9-17)18-10-6-16(7-11-18)4-3-5-20(21)22/h3-4,8-9,12-13,16,18,20H,2,5-7,10-11,14-15H2,1H3/b4-3+/t16-,18-. The van der Waals surface area contributed by atoms with Gasteiger partial charge in [0.05, 0.1) is 6.61 Å². The Bertz CT molecular complexity index is 459. The molecule has 23 heavy (non-hydrogen) atoms. The van der Waals surface area contributed by atoms with Crippen LogP contribution in [0.2, 0.25) is 0 Å². The van der Waals surface area contributed by atoms with E-state index in [2.05, 4.69) is 31.2 Å². The van der Waals surface area contributed by atoms with Crippen molar-refractivity contribution >= 4 is 0 Å². The fourth-order valence-electron chi connectivity index (χ4n) is 3.24. The maximum atomic E-state index is 12.1. The summed E-state index contributed by atoms with van der Waals surface area (Å²) >= 11 is 0. The number of ether oxygens (including phenoxy) is 1. The van der Waals surface area contributed by atoms with E-state index in [1.807, 2.05) is 6.08 Å². The van der Waals surface area contributed by atoms with E-state index in [0.717, 1.165) is 38.7 Å². The average molecular weight is 322 g/mol. The molecule has 0 unspecified atom stereocenters. The van der Waals surface area contributed by atoms with Gasteiger partial charge in [0.1, 0.15) is 0 Å². The monoisotopic (exact) mass is 322 g/mol. The van der Waals surface area contributed by atoms with E-state index in [4.69, 9.17) is 4.74 Å². The minimum Gasteiger partial charge on any atom is -0.377 e. The molecule has 0 N–H and O–H groups in total. The summed E-state index contributed by atoms with van der Waals surface area (Å²) in [5.41, 5.74) is 2.63. The Balaban J connectivity index is 1.77. The van der Waals surface area contributed by atoms with E-state index < -0.39 is 6.43 Å². The summed E-state index contributed by atoms with van der Waals surface area (Å²) in [7, 11) is 0. The predicted molar refractivity (Wildman–Crippen MR) is 90.8 cm³/mol. The van der Waals surface area contributed by atoms with Crippen molar-refractivity contribution in [1.29, 1.82) is 0 Å². The van der Waals surface area contributed by atoms with Gasteiger partial charge in [0.15, 0.2) is 0 Å². The molecule has 1 fully saturated rings. The number of alkyl halides is 2. The Hall–Kier alpha value is -1.22. The third-order valence-corrected chi connectivity index (χ3v) is 4.56. The van der Waals surface area contributed by atoms with Crippen molar-refractivity contribution < 1.29 is 13.5 Å². The Labute approximate surface area is 138 Å². The van der Waals surface area contributed by atoms with E-state index in [1.54, 1.807) is 6.08 Å². The highest BCUT2D eigenvalue weighted by molar-refractivity contribution is 5.25. The number of hydrogen-bond acceptors (Lipinski definition) is 1. The maximum Gasteiger partial charge on any atom is 0.242 e. The highest BCUT2D eigenvalue weighted by atomic mass is 19.3. The molecule has 0 atom stereocenters. The fraction of sp³-hybridized carbons (Fsp3) is 0.600. The molecule has 1 aromatic rings. The first kappa shape index (κ1) is 18.1. The summed E-state index contributed by atoms with van der Waals surface area (Å²) < 4.78 is 29.8. The summed E-state index contributed by atoms with van der Waals surface area (Å²) in [5.74, 6) is 1.09. The lowest BCUT2D eigenvalue weighted by Gasteiger charge is -2.27. The van der Waals surface area contributed by atoms with E-state index in [0.29, 0.717) is 18.4 Å². The van der Waals surface area contributed by atoms with Crippen LogP contribution >= 0.6 is 0 Å². The molecule has 0 aromatic heterocycles. The van der Waals surface area contributed by atoms with Crippen LogP contribution in [0.15, 0.2) is 36.4 Å². The molecule has 0 radical (unpaired) electrons. The first-order valence-corrected chi connectivity index (χ1v) is 8.80.